The van der Waals surface area contributed by atoms with Gasteiger partial charge in [-0.25, -0.2) is 0 Å². The van der Waals surface area contributed by atoms with E-state index in [1.807, 2.05) is 24.3 Å². The van der Waals surface area contributed by atoms with Gasteiger partial charge in [0.25, 0.3) is 0 Å². The van der Waals surface area contributed by atoms with E-state index in [0.29, 0.717) is 11.3 Å². The van der Waals surface area contributed by atoms with Crippen molar-refractivity contribution in [3.63, 3.8) is 0 Å². The van der Waals surface area contributed by atoms with Gasteiger partial charge in [-0.3, -0.25) is 4.79 Å². The van der Waals surface area contributed by atoms with Gasteiger partial charge in [-0.05, 0) is 35.9 Å². The standard InChI is InChI=1S/C19H17NO4/c21-15-5-6-16-17(12-15)24-18(19(16)22)11-13-1-3-14(4-2-13)20-7-9-23-10-8-20/h1-6,11-12,21H,7-10H2/b18-11-. The number of rotatable bonds is 2. The number of hydrogen-bond acceptors (Lipinski definition) is 5. The molecule has 0 aliphatic carbocycles. The van der Waals surface area contributed by atoms with Crippen molar-refractivity contribution < 1.29 is 19.4 Å². The summed E-state index contributed by atoms with van der Waals surface area (Å²) in [7, 11) is 0. The first-order valence-electron chi connectivity index (χ1n) is 7.91. The highest BCUT2D eigenvalue weighted by molar-refractivity contribution is 6.14. The van der Waals surface area contributed by atoms with E-state index >= 15 is 0 Å². The van der Waals surface area contributed by atoms with Gasteiger partial charge in [0.1, 0.15) is 11.5 Å². The smallest absolute Gasteiger partial charge is 0.231 e. The number of morpholine rings is 1. The van der Waals surface area contributed by atoms with Crippen LogP contribution in [0.3, 0.4) is 0 Å². The lowest BCUT2D eigenvalue weighted by Gasteiger charge is -2.28. The predicted octanol–water partition coefficient (Wildman–Crippen LogP) is 2.85. The van der Waals surface area contributed by atoms with Crippen LogP contribution in [-0.4, -0.2) is 37.2 Å². The molecule has 2 aromatic rings. The van der Waals surface area contributed by atoms with Crippen molar-refractivity contribution in [3.8, 4) is 11.5 Å². The molecular weight excluding hydrogens is 306 g/mol. The third-order valence-corrected chi connectivity index (χ3v) is 4.22. The molecule has 24 heavy (non-hydrogen) atoms. The van der Waals surface area contributed by atoms with Crippen LogP contribution in [0, 0.1) is 0 Å². The van der Waals surface area contributed by atoms with Crippen LogP contribution in [0.15, 0.2) is 48.2 Å². The van der Waals surface area contributed by atoms with Crippen LogP contribution in [0.1, 0.15) is 15.9 Å². The Balaban J connectivity index is 1.55. The zero-order chi connectivity index (χ0) is 16.5. The Labute approximate surface area is 139 Å². The Morgan fingerprint density at radius 1 is 1.04 bits per heavy atom. The summed E-state index contributed by atoms with van der Waals surface area (Å²) in [5.74, 6) is 0.589. The molecule has 0 amide bonds. The number of allylic oxidation sites excluding steroid dienone is 1. The quantitative estimate of drug-likeness (QED) is 0.861. The molecule has 1 N–H and O–H groups in total. The van der Waals surface area contributed by atoms with E-state index < -0.39 is 0 Å². The number of anilines is 1. The van der Waals surface area contributed by atoms with Gasteiger partial charge in [0.2, 0.25) is 5.78 Å². The molecule has 2 aliphatic heterocycles. The molecule has 0 saturated carbocycles. The van der Waals surface area contributed by atoms with Gasteiger partial charge in [0, 0.05) is 24.8 Å². The molecule has 1 saturated heterocycles. The molecule has 122 valence electrons. The first kappa shape index (κ1) is 14.8. The van der Waals surface area contributed by atoms with Crippen molar-refractivity contribution in [2.24, 2.45) is 0 Å². The molecule has 0 aromatic heterocycles. The van der Waals surface area contributed by atoms with Gasteiger partial charge in [-0.15, -0.1) is 0 Å². The van der Waals surface area contributed by atoms with Crippen molar-refractivity contribution in [1.82, 2.24) is 0 Å². The Morgan fingerprint density at radius 2 is 1.79 bits per heavy atom. The molecular formula is C19H17NO4. The highest BCUT2D eigenvalue weighted by Gasteiger charge is 2.27. The molecule has 0 unspecified atom stereocenters. The van der Waals surface area contributed by atoms with E-state index in [2.05, 4.69) is 4.90 Å². The monoisotopic (exact) mass is 323 g/mol. The molecule has 0 spiro atoms. The van der Waals surface area contributed by atoms with E-state index in [4.69, 9.17) is 9.47 Å². The molecule has 0 radical (unpaired) electrons. The van der Waals surface area contributed by atoms with Crippen molar-refractivity contribution in [3.05, 3.63) is 59.4 Å². The van der Waals surface area contributed by atoms with Gasteiger partial charge >= 0.3 is 0 Å². The number of carbonyl (C=O) groups excluding carboxylic acids is 1. The minimum atomic E-state index is -0.165. The highest BCUT2D eigenvalue weighted by Crippen LogP contribution is 2.34. The SMILES string of the molecule is O=C1/C(=C/c2ccc(N3CCOCC3)cc2)Oc2cc(O)ccc21. The number of hydrogen-bond donors (Lipinski definition) is 1. The summed E-state index contributed by atoms with van der Waals surface area (Å²) in [6, 6.07) is 12.5. The molecule has 2 aromatic carbocycles. The van der Waals surface area contributed by atoms with E-state index in [0.717, 1.165) is 37.6 Å². The maximum absolute atomic E-state index is 12.3. The van der Waals surface area contributed by atoms with Gasteiger partial charge in [0.15, 0.2) is 5.76 Å². The van der Waals surface area contributed by atoms with Crippen molar-refractivity contribution in [2.45, 2.75) is 0 Å². The van der Waals surface area contributed by atoms with Gasteiger partial charge < -0.3 is 19.5 Å². The topological polar surface area (TPSA) is 59.0 Å². The fourth-order valence-electron chi connectivity index (χ4n) is 2.93. The Kier molecular flexibility index (Phi) is 3.70. The average Bonchev–Trinajstić information content (AvgIpc) is 2.91. The first-order valence-corrected chi connectivity index (χ1v) is 7.91. The maximum atomic E-state index is 12.3. The second-order valence-corrected chi connectivity index (χ2v) is 5.81. The second kappa shape index (κ2) is 6.02. The molecule has 2 aliphatic rings. The third-order valence-electron chi connectivity index (χ3n) is 4.22. The number of benzene rings is 2. The van der Waals surface area contributed by atoms with Crippen molar-refractivity contribution in [2.75, 3.05) is 31.2 Å². The molecule has 5 nitrogen and oxygen atoms in total. The van der Waals surface area contributed by atoms with Crippen LogP contribution in [0.4, 0.5) is 5.69 Å². The zero-order valence-corrected chi connectivity index (χ0v) is 13.1. The summed E-state index contributed by atoms with van der Waals surface area (Å²) in [5.41, 5.74) is 2.52. The van der Waals surface area contributed by atoms with Crippen molar-refractivity contribution in [1.29, 1.82) is 0 Å². The van der Waals surface area contributed by atoms with Crippen LogP contribution in [0.2, 0.25) is 0 Å². The number of ketones is 1. The summed E-state index contributed by atoms with van der Waals surface area (Å²) in [5, 5.41) is 9.49. The van der Waals surface area contributed by atoms with E-state index in [1.54, 1.807) is 12.1 Å². The predicted molar refractivity (Wildman–Crippen MR) is 90.5 cm³/mol. The van der Waals surface area contributed by atoms with Crippen molar-refractivity contribution >= 4 is 17.5 Å². The highest BCUT2D eigenvalue weighted by atomic mass is 16.5. The lowest BCUT2D eigenvalue weighted by atomic mass is 10.1. The van der Waals surface area contributed by atoms with Gasteiger partial charge in [-0.1, -0.05) is 12.1 Å². The zero-order valence-electron chi connectivity index (χ0n) is 13.1. The fraction of sp³-hybridized carbons (Fsp3) is 0.211. The van der Waals surface area contributed by atoms with Crippen LogP contribution >= 0.6 is 0 Å². The number of nitrogens with zero attached hydrogens (tertiary/aromatic N) is 1. The Morgan fingerprint density at radius 3 is 2.54 bits per heavy atom. The minimum absolute atomic E-state index is 0.0812. The summed E-state index contributed by atoms with van der Waals surface area (Å²) in [4.78, 5) is 14.6. The second-order valence-electron chi connectivity index (χ2n) is 5.81. The van der Waals surface area contributed by atoms with E-state index in [1.165, 1.54) is 12.1 Å². The first-order chi connectivity index (χ1) is 11.7. The summed E-state index contributed by atoms with van der Waals surface area (Å²) >= 11 is 0. The van der Waals surface area contributed by atoms with E-state index in [-0.39, 0.29) is 17.3 Å². The maximum Gasteiger partial charge on any atom is 0.231 e. The number of aromatic hydroxyl groups is 1. The van der Waals surface area contributed by atoms with Gasteiger partial charge in [-0.2, -0.15) is 0 Å². The minimum Gasteiger partial charge on any atom is -0.508 e. The largest absolute Gasteiger partial charge is 0.508 e. The lowest BCUT2D eigenvalue weighted by Crippen LogP contribution is -2.36. The Hall–Kier alpha value is -2.79. The third kappa shape index (κ3) is 2.74. The fourth-order valence-corrected chi connectivity index (χ4v) is 2.93. The molecule has 0 bridgehead atoms. The number of Topliss-reactive ketones (excluding diaryl/α,β-unsaturated/α-hetero) is 1. The van der Waals surface area contributed by atoms with E-state index in [9.17, 15) is 9.90 Å². The molecule has 0 atom stereocenters. The van der Waals surface area contributed by atoms with Gasteiger partial charge in [0.05, 0.1) is 18.8 Å². The number of fused-ring (bicyclic) bond motifs is 1. The van der Waals surface area contributed by atoms with Crippen LogP contribution < -0.4 is 9.64 Å². The molecule has 2 heterocycles. The lowest BCUT2D eigenvalue weighted by molar-refractivity contribution is 0.101. The number of phenols is 1. The molecule has 5 heteroatoms. The average molecular weight is 323 g/mol. The normalized spacial score (nSPS) is 18.6. The summed E-state index contributed by atoms with van der Waals surface area (Å²) in [6.07, 6.45) is 1.72. The van der Waals surface area contributed by atoms with Crippen LogP contribution in [0.5, 0.6) is 11.5 Å². The van der Waals surface area contributed by atoms with Crippen LogP contribution in [0.25, 0.3) is 6.08 Å². The van der Waals surface area contributed by atoms with Crippen LogP contribution in [-0.2, 0) is 4.74 Å². The number of ether oxygens (including phenoxy) is 2. The Bertz CT molecular complexity index is 805. The number of carbonyl (C=O) groups is 1. The molecule has 4 rings (SSSR count). The summed E-state index contributed by atoms with van der Waals surface area (Å²) < 4.78 is 10.9. The molecule has 1 fully saturated rings. The number of phenolic OH excluding ortho intramolecular Hbond substituents is 1. The summed E-state index contributed by atoms with van der Waals surface area (Å²) in [6.45, 7) is 3.28.